The first-order chi connectivity index (χ1) is 57.4. The highest BCUT2D eigenvalue weighted by Gasteiger charge is 2.36. The Labute approximate surface area is 713 Å². The number of nitrogens with zero attached hydrogens (tertiary/aromatic N) is 3. The number of esters is 4. The van der Waals surface area contributed by atoms with E-state index < -0.39 is 98.7 Å². The molecule has 4 unspecified atom stereocenters. The minimum atomic E-state index is -1.62. The van der Waals surface area contributed by atoms with E-state index in [-0.39, 0.29) is 123 Å². The highest BCUT2D eigenvalue weighted by molar-refractivity contribution is 5.81. The average molecular weight is 1690 g/mol. The molecule has 0 aromatic rings. The fraction of sp³-hybridized carbons (Fsp3) is 0.902. The molecule has 26 heteroatoms. The van der Waals surface area contributed by atoms with Crippen LogP contribution >= 0.6 is 0 Å². The molecule has 0 saturated carbocycles. The Bertz CT molecular complexity index is 2320. The number of carboxylic acid groups (broad SMARTS) is 5. The molecule has 0 bridgehead atoms. The van der Waals surface area contributed by atoms with E-state index >= 15 is 0 Å². The smallest absolute Gasteiger partial charge is 0.321 e. The normalized spacial score (nSPS) is 12.6. The molecule has 0 aromatic heterocycles. The fourth-order valence-electron chi connectivity index (χ4n) is 14.7. The van der Waals surface area contributed by atoms with Crippen molar-refractivity contribution in [3.8, 4) is 0 Å². The van der Waals surface area contributed by atoms with E-state index in [0.29, 0.717) is 25.9 Å². The van der Waals surface area contributed by atoms with Crippen LogP contribution < -0.4 is 5.32 Å². The zero-order valence-corrected chi connectivity index (χ0v) is 74.9. The van der Waals surface area contributed by atoms with Crippen molar-refractivity contribution in [2.75, 3.05) is 125 Å². The average Bonchev–Trinajstić information content (AvgIpc) is 0.858. The summed E-state index contributed by atoms with van der Waals surface area (Å²) in [6.45, 7) is 5.73. The molecule has 26 nitrogen and oxygen atoms in total. The van der Waals surface area contributed by atoms with Crippen LogP contribution in [0, 0.1) is 0 Å². The molecule has 0 heterocycles. The van der Waals surface area contributed by atoms with Crippen molar-refractivity contribution in [1.29, 1.82) is 0 Å². The molecule has 0 fully saturated rings. The van der Waals surface area contributed by atoms with Crippen molar-refractivity contribution >= 4 is 53.7 Å². The maximum Gasteiger partial charge on any atom is 0.321 e. The Kier molecular flexibility index (Phi) is 81.8. The lowest BCUT2D eigenvalue weighted by atomic mass is 10.0. The van der Waals surface area contributed by atoms with Crippen molar-refractivity contribution in [1.82, 2.24) is 20.0 Å². The molecule has 4 atom stereocenters. The second-order valence-corrected chi connectivity index (χ2v) is 32.7. The summed E-state index contributed by atoms with van der Waals surface area (Å²) in [6, 6.07) is -2.40. The summed E-state index contributed by atoms with van der Waals surface area (Å²) in [5.74, 6) is -8.91. The molecule has 0 aliphatic rings. The molecule has 6 N–H and O–H groups in total. The molecular formula is C92H172N4O22. The van der Waals surface area contributed by atoms with Gasteiger partial charge in [-0.1, -0.05) is 336 Å². The third-order valence-electron chi connectivity index (χ3n) is 21.7. The van der Waals surface area contributed by atoms with Crippen LogP contribution in [0.4, 0.5) is 0 Å². The van der Waals surface area contributed by atoms with Gasteiger partial charge in [-0.25, -0.2) is 0 Å². The van der Waals surface area contributed by atoms with E-state index in [1.807, 2.05) is 0 Å². The third-order valence-corrected chi connectivity index (χ3v) is 21.7. The summed E-state index contributed by atoms with van der Waals surface area (Å²) < 4.78 is 48.2. The predicted molar refractivity (Wildman–Crippen MR) is 464 cm³/mol. The zero-order chi connectivity index (χ0) is 86.6. The molecule has 0 amide bonds. The van der Waals surface area contributed by atoms with E-state index in [4.69, 9.17) is 37.9 Å². The minimum absolute atomic E-state index is 0.0875. The van der Waals surface area contributed by atoms with Crippen LogP contribution in [0.15, 0.2) is 0 Å². The van der Waals surface area contributed by atoms with Crippen molar-refractivity contribution < 1.29 is 107 Å². The lowest BCUT2D eigenvalue weighted by Crippen LogP contribution is -2.55. The number of hydrogen-bond donors (Lipinski definition) is 6. The maximum absolute atomic E-state index is 14.2. The number of unbranched alkanes of at least 4 members (excludes halogenated alkanes) is 48. The highest BCUT2D eigenvalue weighted by atomic mass is 16.6. The van der Waals surface area contributed by atoms with Gasteiger partial charge in [-0.2, -0.15) is 0 Å². The summed E-state index contributed by atoms with van der Waals surface area (Å²) in [6.07, 6.45) is 59.6. The molecule has 0 aliphatic heterocycles. The van der Waals surface area contributed by atoms with Gasteiger partial charge in [-0.15, -0.1) is 0 Å². The first kappa shape index (κ1) is 113. The van der Waals surface area contributed by atoms with Gasteiger partial charge in [0.2, 0.25) is 0 Å². The molecule has 0 aliphatic carbocycles. The summed E-state index contributed by atoms with van der Waals surface area (Å²) in [4.78, 5) is 117. The third kappa shape index (κ3) is 77.0. The second-order valence-electron chi connectivity index (χ2n) is 32.7. The topological polar surface area (TPSA) is 350 Å². The van der Waals surface area contributed by atoms with Crippen molar-refractivity contribution in [2.24, 2.45) is 0 Å². The summed E-state index contributed by atoms with van der Waals surface area (Å²) >= 11 is 0. The standard InChI is InChI=1S/C92H172N4O22/c1-5-9-13-17-21-25-29-33-37-41-45-49-53-57-87(105)116-78-81(114-65-56-52-48-44-40-36-32-28-24-20-16-12-8-4)91(82(118-89(107)59-55-51-47-43-39-35-31-27-23-19-15-11-7-3)79-117-88(106)58-54-50-46-42-38-34-30-26-22-18-14-10-6-2)93-60-66-111-67-68-112-69-70-113-71-72-115-90(108)73-80(92(109)110)96(63-61-94(74-83(97)98)75-84(99)100)64-62-95(76-85(101)102)77-86(103)104/h80-82,91,93H,5-79H2,1-4H3,(H,97,98)(H,99,100)(H,101,102)(H,103,104)(H,109,110). The van der Waals surface area contributed by atoms with Gasteiger partial charge in [0, 0.05) is 58.6 Å². The highest BCUT2D eigenvalue weighted by Crippen LogP contribution is 2.22. The van der Waals surface area contributed by atoms with Gasteiger partial charge in [0.25, 0.3) is 0 Å². The Morgan fingerprint density at radius 1 is 0.288 bits per heavy atom. The van der Waals surface area contributed by atoms with Crippen molar-refractivity contribution in [2.45, 2.75) is 412 Å². The van der Waals surface area contributed by atoms with Gasteiger partial charge in [-0.3, -0.25) is 57.9 Å². The number of carboxylic acids is 5. The number of carbonyl (C=O) groups is 9. The van der Waals surface area contributed by atoms with Crippen LogP contribution in [0.2, 0.25) is 0 Å². The SMILES string of the molecule is CCCCCCCCCCCCCCCOC(COC(=O)CCCCCCCCCCCCCCC)C(NCCOCCOCCOCCOC(=O)CC(C(=O)O)N(CCN(CC(=O)O)CC(=O)O)CCN(CC(=O)O)CC(=O)O)C(COC(=O)CCCCCCCCCCCCCCC)OC(=O)CCCCCCCCCCCCCCC. The zero-order valence-electron chi connectivity index (χ0n) is 74.9. The first-order valence-electron chi connectivity index (χ1n) is 47.4. The molecule has 692 valence electrons. The molecule has 118 heavy (non-hydrogen) atoms. The van der Waals surface area contributed by atoms with Crippen LogP contribution in [-0.4, -0.2) is 243 Å². The molecule has 0 saturated heterocycles. The lowest BCUT2D eigenvalue weighted by molar-refractivity contribution is -0.167. The number of aliphatic carboxylic acids is 5. The van der Waals surface area contributed by atoms with E-state index in [2.05, 4.69) is 33.0 Å². The lowest BCUT2D eigenvalue weighted by Gasteiger charge is -2.34. The van der Waals surface area contributed by atoms with Gasteiger partial charge in [0.1, 0.15) is 32.0 Å². The molecule has 0 spiro atoms. The van der Waals surface area contributed by atoms with Gasteiger partial charge in [-0.05, 0) is 25.7 Å². The molecule has 0 rings (SSSR count). The fourth-order valence-corrected chi connectivity index (χ4v) is 14.7. The number of carbonyl (C=O) groups excluding carboxylic acids is 4. The molecule has 0 radical (unpaired) electrons. The largest absolute Gasteiger partial charge is 0.480 e. The van der Waals surface area contributed by atoms with Crippen molar-refractivity contribution in [3.63, 3.8) is 0 Å². The molecule has 0 aromatic carbocycles. The Balaban J connectivity index is 6.48. The van der Waals surface area contributed by atoms with Crippen LogP contribution in [0.1, 0.15) is 387 Å². The van der Waals surface area contributed by atoms with E-state index in [9.17, 15) is 68.7 Å². The van der Waals surface area contributed by atoms with Gasteiger partial charge < -0.3 is 68.7 Å². The summed E-state index contributed by atoms with van der Waals surface area (Å²) in [5.41, 5.74) is 0. The van der Waals surface area contributed by atoms with Crippen molar-refractivity contribution in [3.05, 3.63) is 0 Å². The van der Waals surface area contributed by atoms with Gasteiger partial charge in [0.05, 0.1) is 78.3 Å². The Morgan fingerprint density at radius 3 is 0.881 bits per heavy atom. The van der Waals surface area contributed by atoms with E-state index in [0.717, 1.165) is 93.3 Å². The Hall–Kier alpha value is -5.09. The van der Waals surface area contributed by atoms with E-state index in [1.54, 1.807) is 0 Å². The van der Waals surface area contributed by atoms with Crippen LogP contribution in [-0.2, 0) is 81.0 Å². The van der Waals surface area contributed by atoms with E-state index in [1.165, 1.54) is 236 Å². The van der Waals surface area contributed by atoms with Gasteiger partial charge >= 0.3 is 53.7 Å². The predicted octanol–water partition coefficient (Wildman–Crippen LogP) is 18.5. The van der Waals surface area contributed by atoms with Crippen LogP contribution in [0.3, 0.4) is 0 Å². The number of rotatable bonds is 95. The van der Waals surface area contributed by atoms with Crippen LogP contribution in [0.5, 0.6) is 0 Å². The number of ether oxygens (including phenoxy) is 8. The summed E-state index contributed by atoms with van der Waals surface area (Å²) in [5, 5.41) is 51.3. The van der Waals surface area contributed by atoms with Gasteiger partial charge in [0.15, 0.2) is 6.10 Å². The number of hydrogen-bond acceptors (Lipinski definition) is 21. The first-order valence-corrected chi connectivity index (χ1v) is 47.4. The monoisotopic (exact) mass is 1690 g/mol. The Morgan fingerprint density at radius 2 is 0.568 bits per heavy atom. The molecular weight excluding hydrogens is 1510 g/mol. The minimum Gasteiger partial charge on any atom is -0.480 e. The second kappa shape index (κ2) is 85.5. The summed E-state index contributed by atoms with van der Waals surface area (Å²) in [7, 11) is 0. The maximum atomic E-state index is 14.2. The quantitative estimate of drug-likeness (QED) is 0.0187. The van der Waals surface area contributed by atoms with Crippen LogP contribution in [0.25, 0.3) is 0 Å². The number of nitrogens with one attached hydrogen (secondary N) is 1.